The summed E-state index contributed by atoms with van der Waals surface area (Å²) in [6.45, 7) is 0.151. The molecule has 0 bridgehead atoms. The Bertz CT molecular complexity index is 1340. The van der Waals surface area contributed by atoms with Crippen LogP contribution in [0.15, 0.2) is 79.0 Å². The first-order valence-electron chi connectivity index (χ1n) is 11.3. The summed E-state index contributed by atoms with van der Waals surface area (Å²) >= 11 is 0. The van der Waals surface area contributed by atoms with E-state index < -0.39 is 18.1 Å². The molecule has 0 radical (unpaired) electrons. The summed E-state index contributed by atoms with van der Waals surface area (Å²) in [6, 6.07) is 23.0. The number of aromatic nitrogens is 1. The summed E-state index contributed by atoms with van der Waals surface area (Å²) in [7, 11) is 3.42. The number of aryl methyl sites for hydroxylation is 1. The van der Waals surface area contributed by atoms with Gasteiger partial charge < -0.3 is 14.4 Å². The number of rotatable bonds is 6. The molecule has 5 rings (SSSR count). The van der Waals surface area contributed by atoms with E-state index >= 15 is 0 Å². The maximum Gasteiger partial charge on any atom is 0.410 e. The third kappa shape index (κ3) is 3.71. The number of fused-ring (bicyclic) bond motifs is 4. The highest BCUT2D eigenvalue weighted by Gasteiger charge is 2.32. The number of likely N-dealkylation sites (N-methyl/N-ethyl adjacent to an activating group) is 1. The molecule has 0 fully saturated rings. The van der Waals surface area contributed by atoms with Gasteiger partial charge in [0, 0.05) is 43.5 Å². The highest BCUT2D eigenvalue weighted by atomic mass is 16.6. The SMILES string of the molecule is CN(C(=O)OCC1c2ccccc2-c2ccccc21)[C@H](Cc1cn(C)c2ccccc12)C(=O)O. The Labute approximate surface area is 198 Å². The zero-order valence-corrected chi connectivity index (χ0v) is 19.1. The van der Waals surface area contributed by atoms with Crippen LogP contribution in [0.25, 0.3) is 22.0 Å². The topological polar surface area (TPSA) is 71.8 Å². The summed E-state index contributed by atoms with van der Waals surface area (Å²) in [5, 5.41) is 10.9. The fraction of sp³-hybridized carbons (Fsp3) is 0.214. The quantitative estimate of drug-likeness (QED) is 0.442. The third-order valence-electron chi connectivity index (χ3n) is 6.77. The minimum Gasteiger partial charge on any atom is -0.480 e. The van der Waals surface area contributed by atoms with E-state index in [4.69, 9.17) is 4.74 Å². The number of hydrogen-bond donors (Lipinski definition) is 1. The second kappa shape index (κ2) is 8.71. The molecule has 0 saturated carbocycles. The number of carbonyl (C=O) groups is 2. The first-order chi connectivity index (χ1) is 16.5. The van der Waals surface area contributed by atoms with Crippen LogP contribution in [0.5, 0.6) is 0 Å². The molecule has 1 heterocycles. The number of nitrogens with zero attached hydrogens (tertiary/aromatic N) is 2. The van der Waals surface area contributed by atoms with Gasteiger partial charge in [0.05, 0.1) is 0 Å². The highest BCUT2D eigenvalue weighted by molar-refractivity contribution is 5.86. The van der Waals surface area contributed by atoms with E-state index in [1.807, 2.05) is 66.3 Å². The van der Waals surface area contributed by atoms with Crippen LogP contribution >= 0.6 is 0 Å². The van der Waals surface area contributed by atoms with Crippen LogP contribution in [-0.4, -0.2) is 46.3 Å². The van der Waals surface area contributed by atoms with E-state index in [-0.39, 0.29) is 18.9 Å². The number of ether oxygens (including phenoxy) is 1. The Morgan fingerprint density at radius 3 is 2.21 bits per heavy atom. The lowest BCUT2D eigenvalue weighted by atomic mass is 9.98. The van der Waals surface area contributed by atoms with E-state index in [0.29, 0.717) is 0 Å². The lowest BCUT2D eigenvalue weighted by Crippen LogP contribution is -2.44. The van der Waals surface area contributed by atoms with Crippen molar-refractivity contribution in [2.45, 2.75) is 18.4 Å². The van der Waals surface area contributed by atoms with Crippen molar-refractivity contribution in [1.29, 1.82) is 0 Å². The van der Waals surface area contributed by atoms with Gasteiger partial charge in [-0.25, -0.2) is 9.59 Å². The Morgan fingerprint density at radius 2 is 1.56 bits per heavy atom. The second-order valence-electron chi connectivity index (χ2n) is 8.76. The van der Waals surface area contributed by atoms with E-state index in [2.05, 4.69) is 24.3 Å². The van der Waals surface area contributed by atoms with Gasteiger partial charge in [-0.1, -0.05) is 66.7 Å². The van der Waals surface area contributed by atoms with Gasteiger partial charge in [-0.15, -0.1) is 0 Å². The second-order valence-corrected chi connectivity index (χ2v) is 8.76. The van der Waals surface area contributed by atoms with Crippen molar-refractivity contribution in [3.8, 4) is 11.1 Å². The molecule has 1 amide bonds. The lowest BCUT2D eigenvalue weighted by molar-refractivity contribution is -0.142. The number of carboxylic acids is 1. The summed E-state index contributed by atoms with van der Waals surface area (Å²) < 4.78 is 7.65. The van der Waals surface area contributed by atoms with Crippen molar-refractivity contribution in [3.05, 3.63) is 95.7 Å². The molecule has 0 aliphatic heterocycles. The van der Waals surface area contributed by atoms with E-state index in [0.717, 1.165) is 38.7 Å². The van der Waals surface area contributed by atoms with Gasteiger partial charge in [-0.3, -0.25) is 4.90 Å². The van der Waals surface area contributed by atoms with Gasteiger partial charge in [0.25, 0.3) is 0 Å². The fourth-order valence-corrected chi connectivity index (χ4v) is 5.01. The number of para-hydroxylation sites is 1. The largest absolute Gasteiger partial charge is 0.480 e. The molecule has 6 heteroatoms. The summed E-state index contributed by atoms with van der Waals surface area (Å²) in [5.41, 5.74) is 6.42. The lowest BCUT2D eigenvalue weighted by Gasteiger charge is -2.25. The van der Waals surface area contributed by atoms with Crippen LogP contribution in [-0.2, 0) is 23.0 Å². The maximum absolute atomic E-state index is 13.0. The van der Waals surface area contributed by atoms with Crippen LogP contribution in [0.4, 0.5) is 4.79 Å². The first kappa shape index (κ1) is 21.8. The monoisotopic (exact) mass is 454 g/mol. The van der Waals surface area contributed by atoms with Gasteiger partial charge in [-0.05, 0) is 33.9 Å². The van der Waals surface area contributed by atoms with E-state index in [1.54, 1.807) is 0 Å². The number of benzene rings is 3. The average molecular weight is 455 g/mol. The molecule has 0 unspecified atom stereocenters. The molecule has 3 aromatic carbocycles. The van der Waals surface area contributed by atoms with Gasteiger partial charge in [0.15, 0.2) is 0 Å². The van der Waals surface area contributed by atoms with E-state index in [9.17, 15) is 14.7 Å². The van der Waals surface area contributed by atoms with E-state index in [1.165, 1.54) is 11.9 Å². The molecule has 0 saturated heterocycles. The van der Waals surface area contributed by atoms with Crippen LogP contribution in [0.2, 0.25) is 0 Å². The Kier molecular flexibility index (Phi) is 5.57. The predicted octanol–water partition coefficient (Wildman–Crippen LogP) is 5.05. The molecule has 4 aromatic rings. The smallest absolute Gasteiger partial charge is 0.410 e. The molecule has 1 aliphatic carbocycles. The fourth-order valence-electron chi connectivity index (χ4n) is 5.01. The summed E-state index contributed by atoms with van der Waals surface area (Å²) in [6.07, 6.45) is 1.47. The number of amides is 1. The van der Waals surface area contributed by atoms with Crippen LogP contribution < -0.4 is 0 Å². The number of carboxylic acid groups (broad SMARTS) is 1. The first-order valence-corrected chi connectivity index (χ1v) is 11.3. The maximum atomic E-state index is 13.0. The molecule has 1 atom stereocenters. The van der Waals surface area contributed by atoms with Gasteiger partial charge in [0.2, 0.25) is 0 Å². The molecule has 1 N–H and O–H groups in total. The zero-order valence-electron chi connectivity index (χ0n) is 19.1. The average Bonchev–Trinajstić information content (AvgIpc) is 3.35. The zero-order chi connectivity index (χ0) is 23.8. The molecular weight excluding hydrogens is 428 g/mol. The van der Waals surface area contributed by atoms with Crippen molar-refractivity contribution in [3.63, 3.8) is 0 Å². The van der Waals surface area contributed by atoms with Crippen molar-refractivity contribution in [2.24, 2.45) is 7.05 Å². The molecule has 0 spiro atoms. The number of hydrogen-bond acceptors (Lipinski definition) is 3. The number of carbonyl (C=O) groups excluding carboxylic acids is 1. The highest BCUT2D eigenvalue weighted by Crippen LogP contribution is 2.44. The third-order valence-corrected chi connectivity index (χ3v) is 6.77. The molecule has 6 nitrogen and oxygen atoms in total. The van der Waals surface area contributed by atoms with Crippen LogP contribution in [0.1, 0.15) is 22.6 Å². The van der Waals surface area contributed by atoms with Crippen molar-refractivity contribution in [1.82, 2.24) is 9.47 Å². The summed E-state index contributed by atoms with van der Waals surface area (Å²) in [5.74, 6) is -1.14. The Morgan fingerprint density at radius 1 is 0.971 bits per heavy atom. The van der Waals surface area contributed by atoms with Crippen molar-refractivity contribution >= 4 is 23.0 Å². The molecule has 1 aliphatic rings. The minimum atomic E-state index is -1.07. The predicted molar refractivity (Wildman–Crippen MR) is 131 cm³/mol. The van der Waals surface area contributed by atoms with Crippen LogP contribution in [0, 0.1) is 0 Å². The summed E-state index contributed by atoms with van der Waals surface area (Å²) in [4.78, 5) is 26.3. The molecule has 1 aromatic heterocycles. The van der Waals surface area contributed by atoms with Gasteiger partial charge >= 0.3 is 12.1 Å². The minimum absolute atomic E-state index is 0.0777. The van der Waals surface area contributed by atoms with Gasteiger partial charge in [-0.2, -0.15) is 0 Å². The molecule has 34 heavy (non-hydrogen) atoms. The molecular formula is C28H26N2O4. The normalized spacial score (nSPS) is 13.4. The number of aliphatic carboxylic acids is 1. The van der Waals surface area contributed by atoms with Gasteiger partial charge in [0.1, 0.15) is 12.6 Å². The Balaban J connectivity index is 1.33. The van der Waals surface area contributed by atoms with Crippen LogP contribution in [0.3, 0.4) is 0 Å². The molecule has 172 valence electrons. The standard InChI is InChI=1S/C28H26N2O4/c1-29-16-18(19-9-7-8-14-25(19)29)15-26(27(31)32)30(2)28(33)34-17-24-22-12-5-3-10-20(22)21-11-4-6-13-23(21)24/h3-14,16,24,26H,15,17H2,1-2H3,(H,31,32)/t26-/m1/s1. The Hall–Kier alpha value is -4.06. The van der Waals surface area contributed by atoms with Crippen molar-refractivity contribution < 1.29 is 19.4 Å². The van der Waals surface area contributed by atoms with Crippen molar-refractivity contribution in [2.75, 3.05) is 13.7 Å².